The van der Waals surface area contributed by atoms with Gasteiger partial charge in [-0.3, -0.25) is 10.1 Å². The smallest absolute Gasteiger partial charge is 0.257 e. The Hall–Kier alpha value is -2.11. The van der Waals surface area contributed by atoms with E-state index in [2.05, 4.69) is 24.5 Å². The molecule has 0 atom stereocenters. The zero-order valence-electron chi connectivity index (χ0n) is 14.2. The van der Waals surface area contributed by atoms with Crippen LogP contribution in [-0.2, 0) is 0 Å². The Morgan fingerprint density at radius 3 is 2.56 bits per heavy atom. The Labute approximate surface area is 158 Å². The van der Waals surface area contributed by atoms with Crippen LogP contribution in [0.5, 0.6) is 5.75 Å². The maximum atomic E-state index is 12.1. The van der Waals surface area contributed by atoms with Gasteiger partial charge in [0.1, 0.15) is 5.75 Å². The Bertz CT molecular complexity index is 732. The molecule has 2 aromatic carbocycles. The van der Waals surface area contributed by atoms with E-state index < -0.39 is 0 Å². The third kappa shape index (κ3) is 6.72. The predicted octanol–water partition coefficient (Wildman–Crippen LogP) is 4.89. The van der Waals surface area contributed by atoms with E-state index in [1.807, 2.05) is 24.3 Å². The highest BCUT2D eigenvalue weighted by Crippen LogP contribution is 2.16. The fraction of sp³-hybridized carbons (Fsp3) is 0.263. The molecule has 0 spiro atoms. The van der Waals surface area contributed by atoms with Crippen molar-refractivity contribution >= 4 is 40.5 Å². The van der Waals surface area contributed by atoms with E-state index in [0.29, 0.717) is 23.1 Å². The number of rotatable bonds is 6. The molecule has 0 radical (unpaired) electrons. The van der Waals surface area contributed by atoms with Crippen LogP contribution in [0.1, 0.15) is 30.6 Å². The van der Waals surface area contributed by atoms with Gasteiger partial charge < -0.3 is 10.1 Å². The number of halogens is 1. The SMILES string of the molecule is CC(C)CCOc1ccc(NC(=S)NC(=O)c2cccc(Cl)c2)cc1. The maximum Gasteiger partial charge on any atom is 0.257 e. The van der Waals surface area contributed by atoms with Gasteiger partial charge in [-0.15, -0.1) is 0 Å². The molecule has 0 saturated carbocycles. The number of hydrogen-bond donors (Lipinski definition) is 2. The molecule has 2 rings (SSSR count). The first-order valence-corrected chi connectivity index (χ1v) is 8.83. The first-order valence-electron chi connectivity index (χ1n) is 8.05. The summed E-state index contributed by atoms with van der Waals surface area (Å²) in [6.07, 6.45) is 1.01. The molecular formula is C19H21ClN2O2S. The fourth-order valence-electron chi connectivity index (χ4n) is 2.01. The summed E-state index contributed by atoms with van der Waals surface area (Å²) >= 11 is 11.1. The van der Waals surface area contributed by atoms with Crippen molar-refractivity contribution in [3.05, 3.63) is 59.1 Å². The Balaban J connectivity index is 1.85. The van der Waals surface area contributed by atoms with Crippen LogP contribution >= 0.6 is 23.8 Å². The number of hydrogen-bond acceptors (Lipinski definition) is 3. The molecule has 0 aromatic heterocycles. The topological polar surface area (TPSA) is 50.4 Å². The van der Waals surface area contributed by atoms with Crippen molar-refractivity contribution < 1.29 is 9.53 Å². The molecule has 2 aromatic rings. The second kappa shape index (κ2) is 9.39. The van der Waals surface area contributed by atoms with Gasteiger partial charge in [0.2, 0.25) is 0 Å². The highest BCUT2D eigenvalue weighted by molar-refractivity contribution is 7.80. The van der Waals surface area contributed by atoms with Crippen LogP contribution in [0.3, 0.4) is 0 Å². The summed E-state index contributed by atoms with van der Waals surface area (Å²) in [7, 11) is 0. The molecule has 4 nitrogen and oxygen atoms in total. The van der Waals surface area contributed by atoms with Gasteiger partial charge in [-0.2, -0.15) is 0 Å². The average molecular weight is 377 g/mol. The van der Waals surface area contributed by atoms with Crippen LogP contribution in [0.25, 0.3) is 0 Å². The van der Waals surface area contributed by atoms with Gasteiger partial charge in [-0.25, -0.2) is 0 Å². The number of anilines is 1. The second-order valence-corrected chi connectivity index (χ2v) is 6.82. The van der Waals surface area contributed by atoms with Crippen molar-refractivity contribution in [2.75, 3.05) is 11.9 Å². The summed E-state index contributed by atoms with van der Waals surface area (Å²) in [4.78, 5) is 12.1. The summed E-state index contributed by atoms with van der Waals surface area (Å²) < 4.78 is 5.67. The lowest BCUT2D eigenvalue weighted by molar-refractivity contribution is 0.0977. The number of carbonyl (C=O) groups excluding carboxylic acids is 1. The summed E-state index contributed by atoms with van der Waals surface area (Å²) in [6.45, 7) is 5.02. The molecule has 132 valence electrons. The normalized spacial score (nSPS) is 10.4. The molecule has 0 fully saturated rings. The lowest BCUT2D eigenvalue weighted by atomic mass is 10.1. The van der Waals surface area contributed by atoms with Gasteiger partial charge in [0.15, 0.2) is 5.11 Å². The van der Waals surface area contributed by atoms with E-state index in [-0.39, 0.29) is 11.0 Å². The zero-order chi connectivity index (χ0) is 18.2. The first kappa shape index (κ1) is 19.2. The van der Waals surface area contributed by atoms with Crippen LogP contribution in [0.4, 0.5) is 5.69 Å². The first-order chi connectivity index (χ1) is 11.9. The van der Waals surface area contributed by atoms with E-state index in [1.165, 1.54) is 0 Å². The lowest BCUT2D eigenvalue weighted by Gasteiger charge is -2.11. The molecule has 0 unspecified atom stereocenters. The molecule has 0 aliphatic rings. The van der Waals surface area contributed by atoms with Crippen molar-refractivity contribution in [1.82, 2.24) is 5.32 Å². The van der Waals surface area contributed by atoms with Crippen molar-refractivity contribution in [2.24, 2.45) is 5.92 Å². The minimum atomic E-state index is -0.311. The van der Waals surface area contributed by atoms with Gasteiger partial charge in [0.25, 0.3) is 5.91 Å². The highest BCUT2D eigenvalue weighted by atomic mass is 35.5. The molecule has 0 saturated heterocycles. The summed E-state index contributed by atoms with van der Waals surface area (Å²) in [6, 6.07) is 14.1. The Morgan fingerprint density at radius 2 is 1.92 bits per heavy atom. The summed E-state index contributed by atoms with van der Waals surface area (Å²) in [5, 5.41) is 6.31. The van der Waals surface area contributed by atoms with E-state index >= 15 is 0 Å². The highest BCUT2D eigenvalue weighted by Gasteiger charge is 2.08. The molecule has 0 bridgehead atoms. The zero-order valence-corrected chi connectivity index (χ0v) is 15.8. The van der Waals surface area contributed by atoms with Crippen LogP contribution < -0.4 is 15.4 Å². The Kier molecular flexibility index (Phi) is 7.22. The number of benzene rings is 2. The molecule has 2 N–H and O–H groups in total. The van der Waals surface area contributed by atoms with Crippen LogP contribution in [0, 0.1) is 5.92 Å². The summed E-state index contributed by atoms with van der Waals surface area (Å²) in [5.74, 6) is 1.11. The molecule has 6 heteroatoms. The predicted molar refractivity (Wildman–Crippen MR) is 107 cm³/mol. The van der Waals surface area contributed by atoms with Gasteiger partial charge >= 0.3 is 0 Å². The van der Waals surface area contributed by atoms with Crippen molar-refractivity contribution in [3.8, 4) is 5.75 Å². The molecule has 1 amide bonds. The van der Waals surface area contributed by atoms with Crippen LogP contribution in [0.2, 0.25) is 5.02 Å². The molecule has 25 heavy (non-hydrogen) atoms. The molecular weight excluding hydrogens is 356 g/mol. The Morgan fingerprint density at radius 1 is 1.20 bits per heavy atom. The van der Waals surface area contributed by atoms with Gasteiger partial charge in [0, 0.05) is 16.3 Å². The quantitative estimate of drug-likeness (QED) is 0.704. The lowest BCUT2D eigenvalue weighted by Crippen LogP contribution is -2.34. The van der Waals surface area contributed by atoms with E-state index in [1.54, 1.807) is 24.3 Å². The number of nitrogens with one attached hydrogen (secondary N) is 2. The van der Waals surface area contributed by atoms with Crippen molar-refractivity contribution in [2.45, 2.75) is 20.3 Å². The van der Waals surface area contributed by atoms with Crippen LogP contribution in [-0.4, -0.2) is 17.6 Å². The number of amides is 1. The van der Waals surface area contributed by atoms with Gasteiger partial charge in [-0.05, 0) is 67.0 Å². The third-order valence-corrected chi connectivity index (χ3v) is 3.83. The summed E-state index contributed by atoms with van der Waals surface area (Å²) in [5.41, 5.74) is 1.22. The molecule has 0 aliphatic carbocycles. The minimum Gasteiger partial charge on any atom is -0.494 e. The minimum absolute atomic E-state index is 0.221. The van der Waals surface area contributed by atoms with Crippen molar-refractivity contribution in [1.29, 1.82) is 0 Å². The van der Waals surface area contributed by atoms with Crippen LogP contribution in [0.15, 0.2) is 48.5 Å². The maximum absolute atomic E-state index is 12.1. The number of thiocarbonyl (C=S) groups is 1. The monoisotopic (exact) mass is 376 g/mol. The standard InChI is InChI=1S/C19H21ClN2O2S/c1-13(2)10-11-24-17-8-6-16(7-9-17)21-19(25)22-18(23)14-4-3-5-15(20)12-14/h3-9,12-13H,10-11H2,1-2H3,(H2,21,22,23,25). The third-order valence-electron chi connectivity index (χ3n) is 3.39. The van der Waals surface area contributed by atoms with E-state index in [0.717, 1.165) is 17.9 Å². The van der Waals surface area contributed by atoms with E-state index in [9.17, 15) is 4.79 Å². The number of carbonyl (C=O) groups is 1. The molecule has 0 heterocycles. The fourth-order valence-corrected chi connectivity index (χ4v) is 2.42. The van der Waals surface area contributed by atoms with Crippen molar-refractivity contribution in [3.63, 3.8) is 0 Å². The van der Waals surface area contributed by atoms with Gasteiger partial charge in [0.05, 0.1) is 6.61 Å². The number of ether oxygens (including phenoxy) is 1. The molecule has 0 aliphatic heterocycles. The average Bonchev–Trinajstić information content (AvgIpc) is 2.56. The largest absolute Gasteiger partial charge is 0.494 e. The van der Waals surface area contributed by atoms with Gasteiger partial charge in [-0.1, -0.05) is 31.5 Å². The second-order valence-electron chi connectivity index (χ2n) is 5.97. The van der Waals surface area contributed by atoms with E-state index in [4.69, 9.17) is 28.6 Å².